The number of hydrogen-bond donors (Lipinski definition) is 2. The van der Waals surface area contributed by atoms with E-state index in [2.05, 4.69) is 15.6 Å². The van der Waals surface area contributed by atoms with Crippen LogP contribution in [0.2, 0.25) is 0 Å². The second-order valence-electron chi connectivity index (χ2n) is 6.86. The van der Waals surface area contributed by atoms with Crippen molar-refractivity contribution in [2.24, 2.45) is 10.9 Å². The third-order valence-corrected chi connectivity index (χ3v) is 5.04. The molecule has 0 atom stereocenters. The van der Waals surface area contributed by atoms with Gasteiger partial charge >= 0.3 is 0 Å². The highest BCUT2D eigenvalue weighted by Crippen LogP contribution is 2.26. The lowest BCUT2D eigenvalue weighted by atomic mass is 9.86. The molecule has 1 saturated carbocycles. The maximum Gasteiger partial charge on any atom is 0.229 e. The summed E-state index contributed by atoms with van der Waals surface area (Å²) in [5, 5.41) is 6.51. The van der Waals surface area contributed by atoms with Crippen LogP contribution in [-0.4, -0.2) is 49.4 Å². The van der Waals surface area contributed by atoms with Crippen molar-refractivity contribution in [2.45, 2.75) is 64.2 Å². The number of carbonyl (C=O) groups excluding carboxylic acids is 2. The van der Waals surface area contributed by atoms with Gasteiger partial charge in [0.1, 0.15) is 0 Å². The van der Waals surface area contributed by atoms with Crippen LogP contribution in [0, 0.1) is 5.92 Å². The molecule has 1 heterocycles. The first-order valence-electron chi connectivity index (χ1n) is 9.48. The van der Waals surface area contributed by atoms with Crippen molar-refractivity contribution < 1.29 is 9.59 Å². The lowest BCUT2D eigenvalue weighted by Crippen LogP contribution is -2.46. The zero-order valence-electron chi connectivity index (χ0n) is 15.4. The molecule has 25 heavy (non-hydrogen) atoms. The molecule has 1 aliphatic carbocycles. The standard InChI is InChI=1S/C18H32N4O2.HI/c1-19-18(20-12-6-9-15-7-3-2-4-8-15)21-13-14-22-16(23)10-5-11-17(22)24;/h15H,2-14H2,1H3,(H2,19,20,21);1H. The minimum atomic E-state index is -0.0523. The quantitative estimate of drug-likeness (QED) is 0.200. The second kappa shape index (κ2) is 12.5. The molecule has 7 heteroatoms. The molecule has 2 N–H and O–H groups in total. The van der Waals surface area contributed by atoms with Crippen LogP contribution in [0.15, 0.2) is 4.99 Å². The van der Waals surface area contributed by atoms with E-state index in [1.807, 2.05) is 0 Å². The summed E-state index contributed by atoms with van der Waals surface area (Å²) in [5.41, 5.74) is 0. The molecular weight excluding hydrogens is 431 g/mol. The highest BCUT2D eigenvalue weighted by Gasteiger charge is 2.25. The van der Waals surface area contributed by atoms with Gasteiger partial charge in [0.15, 0.2) is 5.96 Å². The molecule has 0 aromatic rings. The number of nitrogens with zero attached hydrogens (tertiary/aromatic N) is 2. The van der Waals surface area contributed by atoms with Gasteiger partial charge in [0.25, 0.3) is 0 Å². The molecule has 2 amide bonds. The van der Waals surface area contributed by atoms with Crippen molar-refractivity contribution >= 4 is 41.8 Å². The molecule has 1 aliphatic heterocycles. The molecule has 2 aliphatic rings. The summed E-state index contributed by atoms with van der Waals surface area (Å²) in [6.07, 6.45) is 11.1. The second-order valence-corrected chi connectivity index (χ2v) is 6.86. The van der Waals surface area contributed by atoms with Crippen LogP contribution in [-0.2, 0) is 9.59 Å². The number of rotatable bonds is 7. The number of amides is 2. The SMILES string of the molecule is CN=C(NCCCC1CCCCC1)NCCN1C(=O)CCCC1=O.I. The number of likely N-dealkylation sites (tertiary alicyclic amines) is 1. The van der Waals surface area contributed by atoms with Gasteiger partial charge in [0, 0.05) is 39.5 Å². The van der Waals surface area contributed by atoms with Crippen molar-refractivity contribution in [2.75, 3.05) is 26.7 Å². The molecule has 0 aromatic carbocycles. The van der Waals surface area contributed by atoms with Crippen LogP contribution in [0.3, 0.4) is 0 Å². The van der Waals surface area contributed by atoms with Crippen LogP contribution < -0.4 is 10.6 Å². The van der Waals surface area contributed by atoms with E-state index in [1.165, 1.54) is 43.4 Å². The molecule has 1 saturated heterocycles. The van der Waals surface area contributed by atoms with Gasteiger partial charge in [-0.2, -0.15) is 0 Å². The first-order valence-corrected chi connectivity index (χ1v) is 9.48. The Morgan fingerprint density at radius 3 is 2.32 bits per heavy atom. The fourth-order valence-electron chi connectivity index (χ4n) is 3.63. The number of guanidine groups is 1. The van der Waals surface area contributed by atoms with Gasteiger partial charge in [0.2, 0.25) is 11.8 Å². The van der Waals surface area contributed by atoms with Crippen molar-refractivity contribution in [3.63, 3.8) is 0 Å². The van der Waals surface area contributed by atoms with E-state index in [0.29, 0.717) is 32.4 Å². The van der Waals surface area contributed by atoms with E-state index < -0.39 is 0 Å². The highest BCUT2D eigenvalue weighted by atomic mass is 127. The predicted molar refractivity (Wildman–Crippen MR) is 111 cm³/mol. The normalized spacial score (nSPS) is 19.6. The summed E-state index contributed by atoms with van der Waals surface area (Å²) < 4.78 is 0. The molecule has 144 valence electrons. The van der Waals surface area contributed by atoms with Gasteiger partial charge in [0.05, 0.1) is 0 Å². The van der Waals surface area contributed by atoms with Crippen LogP contribution in [0.5, 0.6) is 0 Å². The fourth-order valence-corrected chi connectivity index (χ4v) is 3.63. The van der Waals surface area contributed by atoms with Crippen LogP contribution in [0.4, 0.5) is 0 Å². The van der Waals surface area contributed by atoms with Gasteiger partial charge in [-0.15, -0.1) is 24.0 Å². The Balaban J connectivity index is 0.00000312. The number of carbonyl (C=O) groups is 2. The van der Waals surface area contributed by atoms with Crippen molar-refractivity contribution in [3.05, 3.63) is 0 Å². The third kappa shape index (κ3) is 7.92. The van der Waals surface area contributed by atoms with Gasteiger partial charge in [-0.3, -0.25) is 19.5 Å². The average Bonchev–Trinajstić information content (AvgIpc) is 2.60. The van der Waals surface area contributed by atoms with Gasteiger partial charge in [-0.1, -0.05) is 32.1 Å². The molecule has 6 nitrogen and oxygen atoms in total. The minimum Gasteiger partial charge on any atom is -0.356 e. The van der Waals surface area contributed by atoms with Crippen LogP contribution >= 0.6 is 24.0 Å². The molecule has 0 bridgehead atoms. The van der Waals surface area contributed by atoms with E-state index in [9.17, 15) is 9.59 Å². The predicted octanol–water partition coefficient (Wildman–Crippen LogP) is 2.67. The van der Waals surface area contributed by atoms with Crippen LogP contribution in [0.1, 0.15) is 64.2 Å². The Labute approximate surface area is 168 Å². The number of imide groups is 1. The third-order valence-electron chi connectivity index (χ3n) is 5.04. The van der Waals surface area contributed by atoms with Gasteiger partial charge in [-0.25, -0.2) is 0 Å². The van der Waals surface area contributed by atoms with E-state index in [1.54, 1.807) is 7.05 Å². The Bertz CT molecular complexity index is 434. The molecule has 2 fully saturated rings. The van der Waals surface area contributed by atoms with Gasteiger partial charge < -0.3 is 10.6 Å². The van der Waals surface area contributed by atoms with E-state index in [-0.39, 0.29) is 35.8 Å². The van der Waals surface area contributed by atoms with Crippen LogP contribution in [0.25, 0.3) is 0 Å². The summed E-state index contributed by atoms with van der Waals surface area (Å²) in [6.45, 7) is 1.87. The number of nitrogens with one attached hydrogen (secondary N) is 2. The Morgan fingerprint density at radius 2 is 1.68 bits per heavy atom. The maximum absolute atomic E-state index is 11.7. The Morgan fingerprint density at radius 1 is 1.04 bits per heavy atom. The average molecular weight is 464 g/mol. The summed E-state index contributed by atoms with van der Waals surface area (Å²) in [7, 11) is 1.74. The van der Waals surface area contributed by atoms with E-state index in [0.717, 1.165) is 24.8 Å². The molecule has 0 unspecified atom stereocenters. The Kier molecular flexibility index (Phi) is 11.1. The molecule has 0 radical (unpaired) electrons. The molecule has 2 rings (SSSR count). The lowest BCUT2D eigenvalue weighted by Gasteiger charge is -2.25. The van der Waals surface area contributed by atoms with E-state index in [4.69, 9.17) is 0 Å². The Hall–Kier alpha value is -0.860. The summed E-state index contributed by atoms with van der Waals surface area (Å²) >= 11 is 0. The number of hydrogen-bond acceptors (Lipinski definition) is 3. The van der Waals surface area contributed by atoms with E-state index >= 15 is 0 Å². The van der Waals surface area contributed by atoms with Crippen molar-refractivity contribution in [1.29, 1.82) is 0 Å². The number of halogens is 1. The minimum absolute atomic E-state index is 0. The summed E-state index contributed by atoms with van der Waals surface area (Å²) in [5.74, 6) is 1.55. The zero-order valence-corrected chi connectivity index (χ0v) is 17.7. The maximum atomic E-state index is 11.7. The first kappa shape index (κ1) is 22.2. The fraction of sp³-hybridized carbons (Fsp3) is 0.833. The highest BCUT2D eigenvalue weighted by molar-refractivity contribution is 14.0. The van der Waals surface area contributed by atoms with Gasteiger partial charge in [-0.05, 0) is 25.2 Å². The lowest BCUT2D eigenvalue weighted by molar-refractivity contribution is -0.147. The first-order chi connectivity index (χ1) is 11.7. The molecule has 0 aromatic heterocycles. The number of piperidine rings is 1. The molecular formula is C18H33IN4O2. The topological polar surface area (TPSA) is 73.8 Å². The summed E-state index contributed by atoms with van der Waals surface area (Å²) in [4.78, 5) is 29.1. The summed E-state index contributed by atoms with van der Waals surface area (Å²) in [6, 6.07) is 0. The largest absolute Gasteiger partial charge is 0.356 e. The zero-order chi connectivity index (χ0) is 17.2. The smallest absolute Gasteiger partial charge is 0.229 e. The van der Waals surface area contributed by atoms with Crippen molar-refractivity contribution in [3.8, 4) is 0 Å². The number of aliphatic imine (C=N–C) groups is 1. The van der Waals surface area contributed by atoms with Crippen molar-refractivity contribution in [1.82, 2.24) is 15.5 Å². The monoisotopic (exact) mass is 464 g/mol. The molecule has 0 spiro atoms.